The van der Waals surface area contributed by atoms with Crippen molar-refractivity contribution in [1.29, 1.82) is 0 Å². The zero-order chi connectivity index (χ0) is 14.8. The van der Waals surface area contributed by atoms with E-state index in [9.17, 15) is 4.79 Å². The number of nitrogens with zero attached hydrogens (tertiary/aromatic N) is 1. The van der Waals surface area contributed by atoms with Crippen molar-refractivity contribution in [2.24, 2.45) is 0 Å². The van der Waals surface area contributed by atoms with E-state index < -0.39 is 0 Å². The standard InChI is InChI=1S/C17H17ClN2O/c18-14-7-2-1-5-12(14)11-17(21)20-10-4-6-13-15(19)8-3-9-16(13)20/h1-3,5,7-9H,4,6,10-11,19H2. The molecule has 1 heterocycles. The Balaban J connectivity index is 1.87. The minimum Gasteiger partial charge on any atom is -0.398 e. The van der Waals surface area contributed by atoms with Gasteiger partial charge in [-0.3, -0.25) is 4.79 Å². The van der Waals surface area contributed by atoms with Gasteiger partial charge in [0.05, 0.1) is 6.42 Å². The molecule has 0 atom stereocenters. The summed E-state index contributed by atoms with van der Waals surface area (Å²) in [5.41, 5.74) is 9.67. The van der Waals surface area contributed by atoms with Crippen LogP contribution >= 0.6 is 11.6 Å². The number of hydrogen-bond acceptors (Lipinski definition) is 2. The Morgan fingerprint density at radius 2 is 2.00 bits per heavy atom. The maximum Gasteiger partial charge on any atom is 0.231 e. The van der Waals surface area contributed by atoms with Gasteiger partial charge < -0.3 is 10.6 Å². The van der Waals surface area contributed by atoms with Crippen LogP contribution in [0.2, 0.25) is 5.02 Å². The molecule has 0 radical (unpaired) electrons. The Morgan fingerprint density at radius 1 is 1.19 bits per heavy atom. The lowest BCUT2D eigenvalue weighted by molar-refractivity contribution is -0.118. The molecule has 0 saturated heterocycles. The van der Waals surface area contributed by atoms with Crippen molar-refractivity contribution >= 4 is 28.9 Å². The largest absolute Gasteiger partial charge is 0.398 e. The molecule has 0 bridgehead atoms. The van der Waals surface area contributed by atoms with Crippen LogP contribution in [-0.2, 0) is 17.6 Å². The molecule has 2 aromatic carbocycles. The Morgan fingerprint density at radius 3 is 2.81 bits per heavy atom. The number of carbonyl (C=O) groups is 1. The molecule has 1 amide bonds. The third-order valence-corrected chi connectivity index (χ3v) is 4.26. The number of amides is 1. The van der Waals surface area contributed by atoms with Crippen LogP contribution in [0.5, 0.6) is 0 Å². The normalized spacial score (nSPS) is 13.9. The number of hydrogen-bond donors (Lipinski definition) is 1. The fraction of sp³-hybridized carbons (Fsp3) is 0.235. The number of fused-ring (bicyclic) bond motifs is 1. The van der Waals surface area contributed by atoms with Crippen molar-refractivity contribution < 1.29 is 4.79 Å². The Hall–Kier alpha value is -2.00. The summed E-state index contributed by atoms with van der Waals surface area (Å²) in [7, 11) is 0. The third-order valence-electron chi connectivity index (χ3n) is 3.89. The van der Waals surface area contributed by atoms with Crippen LogP contribution in [0.3, 0.4) is 0 Å². The van der Waals surface area contributed by atoms with Gasteiger partial charge >= 0.3 is 0 Å². The van der Waals surface area contributed by atoms with Gasteiger partial charge in [-0.2, -0.15) is 0 Å². The second-order valence-electron chi connectivity index (χ2n) is 5.26. The van der Waals surface area contributed by atoms with Gasteiger partial charge in [-0.15, -0.1) is 0 Å². The summed E-state index contributed by atoms with van der Waals surface area (Å²) in [6.07, 6.45) is 2.18. The van der Waals surface area contributed by atoms with Gasteiger partial charge in [0.15, 0.2) is 0 Å². The summed E-state index contributed by atoms with van der Waals surface area (Å²) >= 11 is 6.14. The average molecular weight is 301 g/mol. The van der Waals surface area contributed by atoms with E-state index in [2.05, 4.69) is 0 Å². The number of benzene rings is 2. The summed E-state index contributed by atoms with van der Waals surface area (Å²) in [6.45, 7) is 0.736. The fourth-order valence-electron chi connectivity index (χ4n) is 2.81. The summed E-state index contributed by atoms with van der Waals surface area (Å²) in [5.74, 6) is 0.0645. The quantitative estimate of drug-likeness (QED) is 0.864. The van der Waals surface area contributed by atoms with Crippen molar-refractivity contribution in [3.63, 3.8) is 0 Å². The maximum absolute atomic E-state index is 12.6. The van der Waals surface area contributed by atoms with Gasteiger partial charge in [0.25, 0.3) is 0 Å². The van der Waals surface area contributed by atoms with Gasteiger partial charge in [0, 0.05) is 22.9 Å². The smallest absolute Gasteiger partial charge is 0.231 e. The maximum atomic E-state index is 12.6. The van der Waals surface area contributed by atoms with E-state index in [1.54, 1.807) is 0 Å². The molecule has 108 valence electrons. The zero-order valence-corrected chi connectivity index (χ0v) is 12.4. The first-order valence-corrected chi connectivity index (χ1v) is 7.46. The highest BCUT2D eigenvalue weighted by atomic mass is 35.5. The molecule has 1 aliphatic rings. The highest BCUT2D eigenvalue weighted by Gasteiger charge is 2.24. The van der Waals surface area contributed by atoms with E-state index in [0.717, 1.165) is 41.9 Å². The fourth-order valence-corrected chi connectivity index (χ4v) is 3.01. The molecule has 1 aliphatic heterocycles. The molecule has 2 N–H and O–H groups in total. The van der Waals surface area contributed by atoms with Crippen LogP contribution in [0.4, 0.5) is 11.4 Å². The van der Waals surface area contributed by atoms with E-state index >= 15 is 0 Å². The molecule has 0 fully saturated rings. The summed E-state index contributed by atoms with van der Waals surface area (Å²) in [5, 5.41) is 0.635. The zero-order valence-electron chi connectivity index (χ0n) is 11.7. The summed E-state index contributed by atoms with van der Waals surface area (Å²) in [4.78, 5) is 14.5. The lowest BCUT2D eigenvalue weighted by Gasteiger charge is -2.30. The predicted molar refractivity (Wildman–Crippen MR) is 86.7 cm³/mol. The minimum atomic E-state index is 0.0645. The highest BCUT2D eigenvalue weighted by molar-refractivity contribution is 6.31. The number of halogens is 1. The Bertz CT molecular complexity index is 684. The van der Waals surface area contributed by atoms with Crippen LogP contribution < -0.4 is 10.6 Å². The van der Waals surface area contributed by atoms with E-state index in [-0.39, 0.29) is 5.91 Å². The van der Waals surface area contributed by atoms with Gasteiger partial charge in [-0.1, -0.05) is 35.9 Å². The second-order valence-corrected chi connectivity index (χ2v) is 5.67. The third kappa shape index (κ3) is 2.74. The SMILES string of the molecule is Nc1cccc2c1CCCN2C(=O)Cc1ccccc1Cl. The predicted octanol–water partition coefficient (Wildman–Crippen LogP) is 3.44. The van der Waals surface area contributed by atoms with Gasteiger partial charge in [-0.25, -0.2) is 0 Å². The monoisotopic (exact) mass is 300 g/mol. The lowest BCUT2D eigenvalue weighted by atomic mass is 9.99. The van der Waals surface area contributed by atoms with E-state index in [0.29, 0.717) is 11.4 Å². The molecule has 0 spiro atoms. The molecule has 21 heavy (non-hydrogen) atoms. The van der Waals surface area contributed by atoms with Crippen LogP contribution in [0, 0.1) is 0 Å². The Labute approximate surface area is 129 Å². The lowest BCUT2D eigenvalue weighted by Crippen LogP contribution is -2.36. The first-order chi connectivity index (χ1) is 10.2. The molecular weight excluding hydrogens is 284 g/mol. The van der Waals surface area contributed by atoms with Crippen LogP contribution in [0.15, 0.2) is 42.5 Å². The van der Waals surface area contributed by atoms with Crippen LogP contribution in [0.1, 0.15) is 17.5 Å². The van der Waals surface area contributed by atoms with Gasteiger partial charge in [0.1, 0.15) is 0 Å². The van der Waals surface area contributed by atoms with Crippen molar-refractivity contribution in [2.45, 2.75) is 19.3 Å². The molecule has 3 nitrogen and oxygen atoms in total. The molecule has 3 rings (SSSR count). The number of rotatable bonds is 2. The van der Waals surface area contributed by atoms with Crippen molar-refractivity contribution in [3.05, 3.63) is 58.6 Å². The topological polar surface area (TPSA) is 46.3 Å². The van der Waals surface area contributed by atoms with E-state index in [4.69, 9.17) is 17.3 Å². The first-order valence-electron chi connectivity index (χ1n) is 7.08. The van der Waals surface area contributed by atoms with Crippen LogP contribution in [0.25, 0.3) is 0 Å². The molecule has 0 unspecified atom stereocenters. The summed E-state index contributed by atoms with van der Waals surface area (Å²) < 4.78 is 0. The Kier molecular flexibility index (Phi) is 3.84. The van der Waals surface area contributed by atoms with Crippen molar-refractivity contribution in [1.82, 2.24) is 0 Å². The molecule has 2 aromatic rings. The first kappa shape index (κ1) is 14.0. The highest BCUT2D eigenvalue weighted by Crippen LogP contribution is 2.31. The number of anilines is 2. The molecule has 0 aromatic heterocycles. The van der Waals surface area contributed by atoms with Gasteiger partial charge in [-0.05, 0) is 42.2 Å². The molecule has 0 aliphatic carbocycles. The van der Waals surface area contributed by atoms with Crippen molar-refractivity contribution in [2.75, 3.05) is 17.2 Å². The van der Waals surface area contributed by atoms with Gasteiger partial charge in [0.2, 0.25) is 5.91 Å². The molecular formula is C17H17ClN2O. The van der Waals surface area contributed by atoms with E-state index in [1.165, 1.54) is 0 Å². The minimum absolute atomic E-state index is 0.0645. The molecule has 4 heteroatoms. The van der Waals surface area contributed by atoms with E-state index in [1.807, 2.05) is 47.4 Å². The van der Waals surface area contributed by atoms with Crippen molar-refractivity contribution in [3.8, 4) is 0 Å². The number of carbonyl (C=O) groups excluding carboxylic acids is 1. The molecule has 0 saturated carbocycles. The summed E-state index contributed by atoms with van der Waals surface area (Å²) in [6, 6.07) is 13.2. The number of nitrogens with two attached hydrogens (primary N) is 1. The number of nitrogen functional groups attached to an aromatic ring is 1. The van der Waals surface area contributed by atoms with Crippen LogP contribution in [-0.4, -0.2) is 12.5 Å². The average Bonchev–Trinajstić information content (AvgIpc) is 2.49. The second kappa shape index (κ2) is 5.78.